The minimum absolute atomic E-state index is 0.0570. The number of nitrogens with zero attached hydrogens (tertiary/aromatic N) is 4. The molecule has 3 heterocycles. The number of rotatable bonds is 7. The molecule has 2 fully saturated rings. The van der Waals surface area contributed by atoms with Gasteiger partial charge in [0, 0.05) is 47.3 Å². The van der Waals surface area contributed by atoms with E-state index in [9.17, 15) is 0 Å². The van der Waals surface area contributed by atoms with E-state index in [1.165, 1.54) is 0 Å². The Kier molecular flexibility index (Phi) is 7.21. The van der Waals surface area contributed by atoms with E-state index in [0.717, 1.165) is 44.7 Å². The van der Waals surface area contributed by atoms with Crippen LogP contribution in [0.5, 0.6) is 0 Å². The van der Waals surface area contributed by atoms with Crippen molar-refractivity contribution in [1.82, 2.24) is 25.6 Å². The molecule has 2 aliphatic heterocycles. The van der Waals surface area contributed by atoms with E-state index in [-0.39, 0.29) is 22.2 Å². The van der Waals surface area contributed by atoms with Crippen LogP contribution in [0.15, 0.2) is 0 Å². The zero-order chi connectivity index (χ0) is 24.7. The van der Waals surface area contributed by atoms with Gasteiger partial charge < -0.3 is 26.2 Å². The van der Waals surface area contributed by atoms with Crippen LogP contribution in [-0.4, -0.2) is 62.3 Å². The predicted molar refractivity (Wildman–Crippen MR) is 139 cm³/mol. The Morgan fingerprint density at radius 2 is 1.00 bits per heavy atom. The zero-order valence-corrected chi connectivity index (χ0v) is 22.7. The Labute approximate surface area is 201 Å². The highest BCUT2D eigenvalue weighted by Crippen LogP contribution is 2.32. The highest BCUT2D eigenvalue weighted by atomic mass is 15.3. The zero-order valence-electron chi connectivity index (χ0n) is 22.7. The van der Waals surface area contributed by atoms with E-state index in [2.05, 4.69) is 95.4 Å². The maximum atomic E-state index is 4.85. The van der Waals surface area contributed by atoms with Crippen LogP contribution in [0.2, 0.25) is 0 Å². The van der Waals surface area contributed by atoms with E-state index >= 15 is 0 Å². The quantitative estimate of drug-likeness (QED) is 0.482. The first-order valence-electron chi connectivity index (χ1n) is 12.7. The molecule has 8 nitrogen and oxygen atoms in total. The third-order valence-electron chi connectivity index (χ3n) is 6.72. The monoisotopic (exact) mass is 460 g/mol. The fraction of sp³-hybridized carbons (Fsp3) is 0.880. The minimum Gasteiger partial charge on any atom is -0.351 e. The summed E-state index contributed by atoms with van der Waals surface area (Å²) < 4.78 is 0. The second-order valence-electron chi connectivity index (χ2n) is 12.7. The van der Waals surface area contributed by atoms with Crippen LogP contribution in [-0.2, 0) is 0 Å². The maximum Gasteiger partial charge on any atom is 0.231 e. The van der Waals surface area contributed by atoms with E-state index in [1.807, 2.05) is 0 Å². The summed E-state index contributed by atoms with van der Waals surface area (Å²) in [6.07, 6.45) is 4.06. The van der Waals surface area contributed by atoms with Crippen LogP contribution in [0.4, 0.5) is 17.8 Å². The number of nitrogens with one attached hydrogen (secondary N) is 4. The van der Waals surface area contributed by atoms with Gasteiger partial charge in [0.1, 0.15) is 0 Å². The summed E-state index contributed by atoms with van der Waals surface area (Å²) in [4.78, 5) is 16.7. The fourth-order valence-corrected chi connectivity index (χ4v) is 6.36. The lowest BCUT2D eigenvalue weighted by molar-refractivity contribution is 0.170. The largest absolute Gasteiger partial charge is 0.351 e. The van der Waals surface area contributed by atoms with Crippen LogP contribution in [0.1, 0.15) is 94.9 Å². The highest BCUT2D eigenvalue weighted by Gasteiger charge is 2.39. The molecule has 8 heteroatoms. The smallest absolute Gasteiger partial charge is 0.231 e. The second-order valence-corrected chi connectivity index (χ2v) is 12.7. The Bertz CT molecular complexity index is 722. The van der Waals surface area contributed by atoms with E-state index < -0.39 is 0 Å². The number of hydrogen-bond donors (Lipinski definition) is 4. The first kappa shape index (κ1) is 25.9. The van der Waals surface area contributed by atoms with Crippen molar-refractivity contribution in [2.45, 2.75) is 129 Å². The Morgan fingerprint density at radius 1 is 0.667 bits per heavy atom. The van der Waals surface area contributed by atoms with Crippen molar-refractivity contribution >= 4 is 17.8 Å². The first-order valence-corrected chi connectivity index (χ1v) is 12.7. The summed E-state index contributed by atoms with van der Waals surface area (Å²) in [7, 11) is 0. The van der Waals surface area contributed by atoms with Gasteiger partial charge in [0.05, 0.1) is 0 Å². The van der Waals surface area contributed by atoms with Gasteiger partial charge in [-0.25, -0.2) is 0 Å². The molecule has 1 aromatic heterocycles. The number of anilines is 3. The summed E-state index contributed by atoms with van der Waals surface area (Å²) in [5, 5.41) is 14.8. The van der Waals surface area contributed by atoms with Crippen molar-refractivity contribution in [2.24, 2.45) is 0 Å². The average Bonchev–Trinajstić information content (AvgIpc) is 2.56. The molecule has 0 aromatic carbocycles. The van der Waals surface area contributed by atoms with Crippen LogP contribution in [0.25, 0.3) is 0 Å². The van der Waals surface area contributed by atoms with Crippen molar-refractivity contribution in [1.29, 1.82) is 0 Å². The van der Waals surface area contributed by atoms with Gasteiger partial charge in [0.25, 0.3) is 0 Å². The molecule has 0 spiro atoms. The predicted octanol–water partition coefficient (Wildman–Crippen LogP) is 4.16. The lowest BCUT2D eigenvalue weighted by atomic mass is 9.79. The van der Waals surface area contributed by atoms with E-state index in [4.69, 9.17) is 15.0 Å². The van der Waals surface area contributed by atoms with Crippen LogP contribution in [0.3, 0.4) is 0 Å². The van der Waals surface area contributed by atoms with Crippen molar-refractivity contribution in [3.8, 4) is 0 Å². The van der Waals surface area contributed by atoms with Crippen molar-refractivity contribution in [3.63, 3.8) is 0 Å². The molecular formula is C25H48N8. The molecule has 0 bridgehead atoms. The van der Waals surface area contributed by atoms with Gasteiger partial charge in [-0.1, -0.05) is 0 Å². The van der Waals surface area contributed by atoms with Gasteiger partial charge >= 0.3 is 0 Å². The molecule has 4 N–H and O–H groups in total. The summed E-state index contributed by atoms with van der Waals surface area (Å²) in [5.41, 5.74) is 0.228. The Morgan fingerprint density at radius 3 is 1.30 bits per heavy atom. The molecule has 0 saturated carbocycles. The molecule has 0 aliphatic carbocycles. The van der Waals surface area contributed by atoms with Gasteiger partial charge in [0.15, 0.2) is 0 Å². The molecule has 33 heavy (non-hydrogen) atoms. The van der Waals surface area contributed by atoms with Gasteiger partial charge in [0.2, 0.25) is 17.8 Å². The molecule has 0 amide bonds. The molecule has 2 aliphatic rings. The van der Waals surface area contributed by atoms with Crippen molar-refractivity contribution < 1.29 is 0 Å². The first-order chi connectivity index (χ1) is 15.1. The van der Waals surface area contributed by atoms with Gasteiger partial charge in [-0.05, 0) is 94.9 Å². The average molecular weight is 461 g/mol. The third-order valence-corrected chi connectivity index (χ3v) is 6.72. The summed E-state index contributed by atoms with van der Waals surface area (Å²) in [6, 6.07) is 0.598. The lowest BCUT2D eigenvalue weighted by Gasteiger charge is -2.47. The number of aromatic nitrogens is 3. The minimum atomic E-state index is 0.0570. The summed E-state index contributed by atoms with van der Waals surface area (Å²) in [6.45, 7) is 24.2. The molecule has 2 saturated heterocycles. The summed E-state index contributed by atoms with van der Waals surface area (Å²) in [5.74, 6) is 2.07. The van der Waals surface area contributed by atoms with Gasteiger partial charge in [-0.3, -0.25) is 0 Å². The molecule has 188 valence electrons. The SMILES string of the molecule is CCN(CC)c1nc(NC2CC(C)(C)NC(C)(C)C2)nc(NC2CC(C)(C)NC(C)(C)C2)n1. The van der Waals surface area contributed by atoms with Crippen molar-refractivity contribution in [2.75, 3.05) is 28.6 Å². The Balaban J connectivity index is 1.87. The molecule has 3 rings (SSSR count). The van der Waals surface area contributed by atoms with Gasteiger partial charge in [-0.15, -0.1) is 0 Å². The standard InChI is InChI=1S/C25H48N8/c1-11-33(12-2)21-29-19(26-17-13-22(3,4)31-23(5,6)14-17)28-20(30-21)27-18-15-24(7,8)32-25(9,10)16-18/h17-18,31-32H,11-16H2,1-10H3,(H2,26,27,28,29,30). The van der Waals surface area contributed by atoms with Crippen LogP contribution < -0.4 is 26.2 Å². The van der Waals surface area contributed by atoms with Gasteiger partial charge in [-0.2, -0.15) is 15.0 Å². The van der Waals surface area contributed by atoms with Crippen LogP contribution >= 0.6 is 0 Å². The number of piperidine rings is 2. The lowest BCUT2D eigenvalue weighted by Crippen LogP contribution is -2.60. The Hall–Kier alpha value is -1.67. The molecule has 0 unspecified atom stereocenters. The number of hydrogen-bond acceptors (Lipinski definition) is 8. The topological polar surface area (TPSA) is 90.0 Å². The molecule has 0 radical (unpaired) electrons. The van der Waals surface area contributed by atoms with Crippen molar-refractivity contribution in [3.05, 3.63) is 0 Å². The third kappa shape index (κ3) is 7.15. The molecular weight excluding hydrogens is 412 g/mol. The van der Waals surface area contributed by atoms with E-state index in [1.54, 1.807) is 0 Å². The second kappa shape index (κ2) is 9.17. The normalized spacial score (nSPS) is 24.3. The highest BCUT2D eigenvalue weighted by molar-refractivity contribution is 5.45. The van der Waals surface area contributed by atoms with E-state index in [0.29, 0.717) is 24.0 Å². The molecule has 1 aromatic rings. The fourth-order valence-electron chi connectivity index (χ4n) is 6.36. The molecule has 0 atom stereocenters. The summed E-state index contributed by atoms with van der Waals surface area (Å²) >= 11 is 0. The maximum absolute atomic E-state index is 4.85. The van der Waals surface area contributed by atoms with Crippen LogP contribution in [0, 0.1) is 0 Å².